The van der Waals surface area contributed by atoms with E-state index < -0.39 is 0 Å². The lowest BCUT2D eigenvalue weighted by molar-refractivity contribution is -0.125. The number of nitrogens with zero attached hydrogens (tertiary/aromatic N) is 4. The molecule has 0 bridgehead atoms. The second-order valence-electron chi connectivity index (χ2n) is 8.25. The van der Waals surface area contributed by atoms with Crippen LogP contribution in [-0.4, -0.2) is 45.5 Å². The van der Waals surface area contributed by atoms with Gasteiger partial charge in [-0.1, -0.05) is 17.4 Å². The monoisotopic (exact) mass is 472 g/mol. The predicted octanol–water partition coefficient (Wildman–Crippen LogP) is 1.73. The van der Waals surface area contributed by atoms with E-state index in [1.807, 2.05) is 17.5 Å². The van der Waals surface area contributed by atoms with Crippen LogP contribution in [0.1, 0.15) is 30.6 Å². The minimum absolute atomic E-state index is 0.0620. The average Bonchev–Trinajstić information content (AvgIpc) is 3.27. The van der Waals surface area contributed by atoms with E-state index in [0.29, 0.717) is 34.6 Å². The third kappa shape index (κ3) is 4.68. The van der Waals surface area contributed by atoms with Crippen molar-refractivity contribution in [3.05, 3.63) is 39.1 Å². The largest absolute Gasteiger partial charge is 0.353 e. The molecule has 4 heterocycles. The maximum atomic E-state index is 12.9. The zero-order valence-electron chi connectivity index (χ0n) is 17.5. The summed E-state index contributed by atoms with van der Waals surface area (Å²) >= 11 is 2.85. The Bertz CT molecular complexity index is 1180. The average molecular weight is 473 g/mol. The summed E-state index contributed by atoms with van der Waals surface area (Å²) in [5.74, 6) is -0.188. The standard InChI is InChI=1S/C21H24N6O3S2/c28-16(22-9-15-4-2-8-31-15)11-27-12-23-18-17(20(27)30)32-21(25-18)26-7-1-3-13(10-26)19(29)24-14-5-6-14/h2,4,8,12-14H,1,3,5-7,9-11H2,(H,22,28)(H,24,29)/t13-/m1/s1. The minimum Gasteiger partial charge on any atom is -0.353 e. The van der Waals surface area contributed by atoms with Crippen molar-refractivity contribution in [2.24, 2.45) is 5.92 Å². The number of aromatic nitrogens is 3. The number of fused-ring (bicyclic) bond motifs is 1. The number of carbonyl (C=O) groups is 2. The summed E-state index contributed by atoms with van der Waals surface area (Å²) in [5, 5.41) is 8.57. The second-order valence-corrected chi connectivity index (χ2v) is 10.3. The second kappa shape index (κ2) is 8.99. The normalized spacial score (nSPS) is 18.6. The molecular weight excluding hydrogens is 448 g/mol. The van der Waals surface area contributed by atoms with Gasteiger partial charge in [-0.3, -0.25) is 19.0 Å². The van der Waals surface area contributed by atoms with Crippen LogP contribution in [0.4, 0.5) is 5.13 Å². The molecule has 1 saturated heterocycles. The predicted molar refractivity (Wildman–Crippen MR) is 124 cm³/mol. The van der Waals surface area contributed by atoms with Crippen LogP contribution in [0.5, 0.6) is 0 Å². The van der Waals surface area contributed by atoms with Gasteiger partial charge in [0, 0.05) is 24.0 Å². The molecule has 0 aromatic carbocycles. The van der Waals surface area contributed by atoms with Crippen LogP contribution in [0.2, 0.25) is 0 Å². The molecule has 9 nitrogen and oxygen atoms in total. The fourth-order valence-electron chi connectivity index (χ4n) is 3.80. The molecule has 1 atom stereocenters. The summed E-state index contributed by atoms with van der Waals surface area (Å²) in [5.41, 5.74) is 0.111. The summed E-state index contributed by atoms with van der Waals surface area (Å²) in [4.78, 5) is 49.6. The summed E-state index contributed by atoms with van der Waals surface area (Å²) in [6, 6.07) is 4.23. The Labute approximate surface area is 192 Å². The first-order valence-electron chi connectivity index (χ1n) is 10.8. The number of amides is 2. The van der Waals surface area contributed by atoms with E-state index >= 15 is 0 Å². The first kappa shape index (κ1) is 21.1. The van der Waals surface area contributed by atoms with E-state index in [2.05, 4.69) is 25.5 Å². The maximum absolute atomic E-state index is 12.9. The Morgan fingerprint density at radius 2 is 2.12 bits per heavy atom. The molecule has 1 saturated carbocycles. The first-order valence-corrected chi connectivity index (χ1v) is 12.5. The molecule has 2 N–H and O–H groups in total. The topological polar surface area (TPSA) is 109 Å². The number of nitrogens with one attached hydrogen (secondary N) is 2. The molecule has 0 spiro atoms. The van der Waals surface area contributed by atoms with Gasteiger partial charge in [-0.15, -0.1) is 11.3 Å². The Morgan fingerprint density at radius 3 is 2.91 bits per heavy atom. The molecule has 1 aliphatic carbocycles. The zero-order chi connectivity index (χ0) is 22.1. The van der Waals surface area contributed by atoms with E-state index in [1.54, 1.807) is 11.3 Å². The van der Waals surface area contributed by atoms with Gasteiger partial charge < -0.3 is 15.5 Å². The summed E-state index contributed by atoms with van der Waals surface area (Å²) < 4.78 is 1.74. The molecule has 1 aliphatic heterocycles. The Balaban J connectivity index is 1.27. The zero-order valence-corrected chi connectivity index (χ0v) is 19.1. The van der Waals surface area contributed by atoms with Gasteiger partial charge in [0.05, 0.1) is 12.5 Å². The molecule has 3 aromatic heterocycles. The fraction of sp³-hybridized carbons (Fsp3) is 0.476. The minimum atomic E-state index is -0.273. The number of carbonyl (C=O) groups excluding carboxylic acids is 2. The third-order valence-electron chi connectivity index (χ3n) is 5.71. The van der Waals surface area contributed by atoms with Crippen molar-refractivity contribution in [1.29, 1.82) is 0 Å². The van der Waals surface area contributed by atoms with Crippen LogP contribution in [-0.2, 0) is 22.7 Å². The molecular formula is C21H24N6O3S2. The Kier molecular flexibility index (Phi) is 5.92. The fourth-order valence-corrected chi connectivity index (χ4v) is 5.45. The Morgan fingerprint density at radius 1 is 1.25 bits per heavy atom. The van der Waals surface area contributed by atoms with Crippen molar-refractivity contribution in [2.45, 2.75) is 44.8 Å². The number of thiophene rings is 1. The van der Waals surface area contributed by atoms with Crippen LogP contribution in [0.3, 0.4) is 0 Å². The van der Waals surface area contributed by atoms with Crippen molar-refractivity contribution < 1.29 is 9.59 Å². The van der Waals surface area contributed by atoms with Crippen molar-refractivity contribution in [3.63, 3.8) is 0 Å². The van der Waals surface area contributed by atoms with Gasteiger partial charge >= 0.3 is 0 Å². The summed E-state index contributed by atoms with van der Waals surface area (Å²) in [6.45, 7) is 1.74. The number of thiazole rings is 1. The number of piperidine rings is 1. The van der Waals surface area contributed by atoms with Gasteiger partial charge in [0.2, 0.25) is 11.8 Å². The molecule has 2 fully saturated rings. The Hall–Kier alpha value is -2.79. The molecule has 32 heavy (non-hydrogen) atoms. The molecule has 11 heteroatoms. The van der Waals surface area contributed by atoms with Gasteiger partial charge in [0.15, 0.2) is 10.8 Å². The van der Waals surface area contributed by atoms with Gasteiger partial charge in [-0.25, -0.2) is 4.98 Å². The van der Waals surface area contributed by atoms with Gasteiger partial charge in [-0.05, 0) is 37.1 Å². The summed E-state index contributed by atoms with van der Waals surface area (Å²) in [7, 11) is 0. The van der Waals surface area contributed by atoms with E-state index in [9.17, 15) is 14.4 Å². The van der Waals surface area contributed by atoms with E-state index in [0.717, 1.165) is 37.1 Å². The van der Waals surface area contributed by atoms with Gasteiger partial charge in [-0.2, -0.15) is 4.98 Å². The molecule has 0 radical (unpaired) electrons. The van der Waals surface area contributed by atoms with Gasteiger partial charge in [0.1, 0.15) is 17.6 Å². The maximum Gasteiger partial charge on any atom is 0.273 e. The van der Waals surface area contributed by atoms with Crippen LogP contribution in [0, 0.1) is 5.92 Å². The van der Waals surface area contributed by atoms with Crippen molar-refractivity contribution in [2.75, 3.05) is 18.0 Å². The highest BCUT2D eigenvalue weighted by molar-refractivity contribution is 7.22. The van der Waals surface area contributed by atoms with Crippen molar-refractivity contribution in [3.8, 4) is 0 Å². The lowest BCUT2D eigenvalue weighted by Gasteiger charge is -2.31. The third-order valence-corrected chi connectivity index (χ3v) is 7.68. The SMILES string of the molecule is O=C(Cn1cnc2nc(N3CCC[C@@H](C(=O)NC4CC4)C3)sc2c1=O)NCc1cccs1. The highest BCUT2D eigenvalue weighted by Crippen LogP contribution is 2.30. The number of anilines is 1. The van der Waals surface area contributed by atoms with Crippen LogP contribution in [0.25, 0.3) is 10.3 Å². The van der Waals surface area contributed by atoms with Gasteiger partial charge in [0.25, 0.3) is 5.56 Å². The van der Waals surface area contributed by atoms with Crippen LogP contribution < -0.4 is 21.1 Å². The van der Waals surface area contributed by atoms with Crippen molar-refractivity contribution >= 4 is 50.0 Å². The lowest BCUT2D eigenvalue weighted by Crippen LogP contribution is -2.43. The van der Waals surface area contributed by atoms with Crippen LogP contribution in [0.15, 0.2) is 28.6 Å². The van der Waals surface area contributed by atoms with E-state index in [1.165, 1.54) is 22.2 Å². The molecule has 2 aliphatic rings. The molecule has 0 unspecified atom stereocenters. The first-order chi connectivity index (χ1) is 15.6. The van der Waals surface area contributed by atoms with E-state index in [4.69, 9.17) is 0 Å². The smallest absolute Gasteiger partial charge is 0.273 e. The van der Waals surface area contributed by atoms with Crippen molar-refractivity contribution in [1.82, 2.24) is 25.2 Å². The summed E-state index contributed by atoms with van der Waals surface area (Å²) in [6.07, 6.45) is 5.29. The van der Waals surface area contributed by atoms with Crippen LogP contribution >= 0.6 is 22.7 Å². The highest BCUT2D eigenvalue weighted by atomic mass is 32.1. The quantitative estimate of drug-likeness (QED) is 0.542. The number of hydrogen-bond donors (Lipinski definition) is 2. The highest BCUT2D eigenvalue weighted by Gasteiger charge is 2.31. The van der Waals surface area contributed by atoms with E-state index in [-0.39, 0.29) is 29.8 Å². The molecule has 5 rings (SSSR count). The molecule has 3 aromatic rings. The number of hydrogen-bond acceptors (Lipinski definition) is 8. The lowest BCUT2D eigenvalue weighted by atomic mass is 9.97. The molecule has 2 amide bonds. The number of rotatable bonds is 7. The molecule has 168 valence electrons.